The Hall–Kier alpha value is -3.98. The number of amides is 1. The Morgan fingerprint density at radius 1 is 0.854 bits per heavy atom. The Bertz CT molecular complexity index is 1340. The Balaban J connectivity index is 1.82. The summed E-state index contributed by atoms with van der Waals surface area (Å²) >= 11 is 0. The van der Waals surface area contributed by atoms with Crippen LogP contribution in [-0.2, 0) is 38.1 Å². The van der Waals surface area contributed by atoms with Crippen LogP contribution < -0.4 is 15.5 Å². The molecule has 3 aromatic rings. The fraction of sp³-hybridized carbons (Fsp3) is 0.300. The first-order valence-electron chi connectivity index (χ1n) is 13.1. The van der Waals surface area contributed by atoms with E-state index in [1.165, 1.54) is 0 Å². The molecule has 0 aliphatic rings. The van der Waals surface area contributed by atoms with Crippen LogP contribution in [0.2, 0.25) is 0 Å². The van der Waals surface area contributed by atoms with Gasteiger partial charge in [-0.15, -0.1) is 0 Å². The highest BCUT2D eigenvalue weighted by atomic mass is 31.2. The van der Waals surface area contributed by atoms with Crippen molar-refractivity contribution in [3.05, 3.63) is 108 Å². The van der Waals surface area contributed by atoms with Crippen molar-refractivity contribution in [3.8, 4) is 0 Å². The molecule has 0 radical (unpaired) electrons. The van der Waals surface area contributed by atoms with Crippen LogP contribution in [0.5, 0.6) is 0 Å². The maximum absolute atomic E-state index is 13.4. The van der Waals surface area contributed by atoms with Gasteiger partial charge in [0.1, 0.15) is 12.7 Å². The van der Waals surface area contributed by atoms with E-state index in [2.05, 4.69) is 10.3 Å². The van der Waals surface area contributed by atoms with Crippen molar-refractivity contribution in [1.82, 2.24) is 5.32 Å². The molecule has 3 aromatic carbocycles. The minimum Gasteiger partial charge on any atom is -0.861 e. The molecule has 2 N–H and O–H groups in total. The molecule has 11 heteroatoms. The van der Waals surface area contributed by atoms with Crippen LogP contribution in [0.1, 0.15) is 30.5 Å². The van der Waals surface area contributed by atoms with Gasteiger partial charge >= 0.3 is 13.7 Å². The third-order valence-electron chi connectivity index (χ3n) is 6.08. The number of alkyl carbamates (subject to hydrolysis) is 1. The van der Waals surface area contributed by atoms with E-state index in [0.717, 1.165) is 5.56 Å². The predicted octanol–water partition coefficient (Wildman–Crippen LogP) is 2.83. The average Bonchev–Trinajstić information content (AvgIpc) is 2.95. The molecule has 1 amide bonds. The molecule has 0 bridgehead atoms. The van der Waals surface area contributed by atoms with E-state index < -0.39 is 49.4 Å². The second-order valence-electron chi connectivity index (χ2n) is 9.74. The molecule has 0 saturated carbocycles. The smallest absolute Gasteiger partial charge is 0.407 e. The van der Waals surface area contributed by atoms with Gasteiger partial charge in [-0.25, -0.2) is 4.79 Å². The van der Waals surface area contributed by atoms with Crippen molar-refractivity contribution < 1.29 is 38.5 Å². The number of aliphatic imine (C=N–C) groups is 1. The zero-order valence-electron chi connectivity index (χ0n) is 22.8. The van der Waals surface area contributed by atoms with Gasteiger partial charge in [0.15, 0.2) is 5.78 Å². The Kier molecular flexibility index (Phi) is 11.6. The van der Waals surface area contributed by atoms with Gasteiger partial charge in [-0.05, 0) is 34.9 Å². The Morgan fingerprint density at radius 2 is 1.34 bits per heavy atom. The van der Waals surface area contributed by atoms with Gasteiger partial charge < -0.3 is 30.0 Å². The fourth-order valence-corrected chi connectivity index (χ4v) is 5.68. The largest absolute Gasteiger partial charge is 0.861 e. The lowest BCUT2D eigenvalue weighted by Crippen LogP contribution is -2.48. The number of nitrogens with one attached hydrogen (secondary N) is 1. The fourth-order valence-electron chi connectivity index (χ4n) is 4.01. The topological polar surface area (TPSA) is 160 Å². The molecular formula is C30H33N2O8P-2. The highest BCUT2D eigenvalue weighted by molar-refractivity contribution is 7.53. The van der Waals surface area contributed by atoms with E-state index in [9.17, 15) is 29.3 Å². The molecule has 0 heterocycles. The lowest BCUT2D eigenvalue weighted by atomic mass is 10.1. The van der Waals surface area contributed by atoms with Crippen LogP contribution in [-0.4, -0.2) is 40.8 Å². The summed E-state index contributed by atoms with van der Waals surface area (Å²) in [4.78, 5) is 39.2. The van der Waals surface area contributed by atoms with E-state index in [-0.39, 0.29) is 19.4 Å². The number of rotatable bonds is 14. The number of nitrogens with zero attached hydrogens (tertiary/aromatic N) is 1. The normalized spacial score (nSPS) is 15.4. The summed E-state index contributed by atoms with van der Waals surface area (Å²) in [5.74, 6) is -4.87. The first-order chi connectivity index (χ1) is 19.5. The van der Waals surface area contributed by atoms with Crippen LogP contribution in [0, 0.1) is 5.92 Å². The summed E-state index contributed by atoms with van der Waals surface area (Å²) in [5, 5.41) is 27.6. The molecule has 10 nitrogen and oxygen atoms in total. The van der Waals surface area contributed by atoms with Crippen LogP contribution in [0.3, 0.4) is 0 Å². The van der Waals surface area contributed by atoms with Crippen molar-refractivity contribution in [2.24, 2.45) is 10.9 Å². The van der Waals surface area contributed by atoms with E-state index >= 15 is 0 Å². The summed E-state index contributed by atoms with van der Waals surface area (Å²) in [6.45, 7) is 3.07. The second-order valence-corrected chi connectivity index (χ2v) is 11.6. The second kappa shape index (κ2) is 15.1. The van der Waals surface area contributed by atoms with Gasteiger partial charge in [0.05, 0.1) is 12.0 Å². The number of benzene rings is 3. The number of ether oxygens (including phenoxy) is 1. The average molecular weight is 581 g/mol. The number of carboxylic acid groups (broad SMARTS) is 1. The first-order valence-corrected chi connectivity index (χ1v) is 14.7. The molecule has 41 heavy (non-hydrogen) atoms. The zero-order valence-corrected chi connectivity index (χ0v) is 23.7. The SMILES string of the molecule is CC(C)[C@H](N=C([O-])[C@H](Cc1ccccc1)NC(=O)OCc1ccccc1)P(=O)(O)O[C@@H](Cc1ccccc1)C(=O)[O-]. The number of carbonyl (C=O) groups is 2. The Morgan fingerprint density at radius 3 is 1.83 bits per heavy atom. The summed E-state index contributed by atoms with van der Waals surface area (Å²) in [7, 11) is -4.82. The molecule has 0 spiro atoms. The lowest BCUT2D eigenvalue weighted by Gasteiger charge is -2.31. The van der Waals surface area contributed by atoms with Gasteiger partial charge in [0.2, 0.25) is 0 Å². The maximum atomic E-state index is 13.4. The highest BCUT2D eigenvalue weighted by Gasteiger charge is 2.38. The summed E-state index contributed by atoms with van der Waals surface area (Å²) in [6.07, 6.45) is -2.83. The Labute approximate surface area is 239 Å². The van der Waals surface area contributed by atoms with E-state index in [4.69, 9.17) is 9.26 Å². The standard InChI is InChI=1S/C30H35N2O8P/c1-21(2)28(41(37,38)40-26(29(34)35)19-23-14-8-4-9-15-23)32-27(33)25(18-22-12-6-3-7-13-22)31-30(36)39-20-24-16-10-5-11-17-24/h3-17,21,25-26,28H,18-20H2,1-2H3,(H,31,36)(H,32,33)(H,34,35)(H,37,38)/p-2/t25-,26-,28+/m0/s1. The number of hydrogen-bond acceptors (Lipinski definition) is 8. The van der Waals surface area contributed by atoms with E-state index in [1.807, 2.05) is 6.07 Å². The number of carboxylic acids is 1. The van der Waals surface area contributed by atoms with Gasteiger partial charge in [-0.3, -0.25) is 14.1 Å². The van der Waals surface area contributed by atoms with Crippen molar-refractivity contribution in [3.63, 3.8) is 0 Å². The van der Waals surface area contributed by atoms with Crippen molar-refractivity contribution in [2.45, 2.75) is 51.2 Å². The lowest BCUT2D eigenvalue weighted by molar-refractivity contribution is -0.313. The summed E-state index contributed by atoms with van der Waals surface area (Å²) < 4.78 is 23.8. The van der Waals surface area contributed by atoms with Gasteiger partial charge in [-0.2, -0.15) is 0 Å². The van der Waals surface area contributed by atoms with Crippen LogP contribution in [0.15, 0.2) is 96.0 Å². The third kappa shape index (κ3) is 10.2. The highest BCUT2D eigenvalue weighted by Crippen LogP contribution is 2.52. The van der Waals surface area contributed by atoms with Crippen molar-refractivity contribution in [1.29, 1.82) is 0 Å². The van der Waals surface area contributed by atoms with Gasteiger partial charge in [0.25, 0.3) is 0 Å². The molecular weight excluding hydrogens is 547 g/mol. The molecule has 218 valence electrons. The van der Waals surface area contributed by atoms with Crippen LogP contribution in [0.4, 0.5) is 4.79 Å². The summed E-state index contributed by atoms with van der Waals surface area (Å²) in [5.41, 5.74) is 2.00. The van der Waals surface area contributed by atoms with Crippen LogP contribution in [0.25, 0.3) is 0 Å². The first kappa shape index (κ1) is 31.5. The molecule has 3 rings (SSSR count). The number of hydrogen-bond donors (Lipinski definition) is 2. The maximum Gasteiger partial charge on any atom is 0.407 e. The molecule has 4 atom stereocenters. The van der Waals surface area contributed by atoms with E-state index in [1.54, 1.807) is 98.8 Å². The number of aliphatic carboxylic acids is 1. The zero-order chi connectivity index (χ0) is 29.8. The minimum absolute atomic E-state index is 0.0285. The molecule has 0 aromatic heterocycles. The van der Waals surface area contributed by atoms with Crippen molar-refractivity contribution in [2.75, 3.05) is 0 Å². The minimum atomic E-state index is -4.82. The quantitative estimate of drug-likeness (QED) is 0.167. The predicted molar refractivity (Wildman–Crippen MR) is 150 cm³/mol. The third-order valence-corrected chi connectivity index (χ3v) is 8.02. The molecule has 0 aliphatic heterocycles. The van der Waals surface area contributed by atoms with Gasteiger partial charge in [-0.1, -0.05) is 105 Å². The molecule has 0 aliphatic carbocycles. The van der Waals surface area contributed by atoms with Gasteiger partial charge in [0, 0.05) is 6.42 Å². The van der Waals surface area contributed by atoms with E-state index in [0.29, 0.717) is 11.1 Å². The van der Waals surface area contributed by atoms with Crippen molar-refractivity contribution >= 4 is 25.6 Å². The number of carbonyl (C=O) groups excluding carboxylic acids is 2. The molecule has 0 fully saturated rings. The van der Waals surface area contributed by atoms with Crippen LogP contribution >= 0.6 is 7.60 Å². The molecule has 1 unspecified atom stereocenters. The monoisotopic (exact) mass is 580 g/mol. The molecule has 0 saturated heterocycles. The summed E-state index contributed by atoms with van der Waals surface area (Å²) in [6, 6.07) is 25.0.